The maximum atomic E-state index is 12.8. The van der Waals surface area contributed by atoms with E-state index in [1.54, 1.807) is 23.2 Å². The summed E-state index contributed by atoms with van der Waals surface area (Å²) < 4.78 is 5.30. The van der Waals surface area contributed by atoms with E-state index in [-0.39, 0.29) is 17.2 Å². The zero-order chi connectivity index (χ0) is 21.4. The number of piperazine rings is 1. The van der Waals surface area contributed by atoms with Gasteiger partial charge in [0.25, 0.3) is 11.6 Å². The molecule has 0 radical (unpaired) electrons. The van der Waals surface area contributed by atoms with Crippen molar-refractivity contribution in [2.45, 2.75) is 18.8 Å². The molecule has 2 fully saturated rings. The molecule has 31 heavy (non-hydrogen) atoms. The number of para-hydroxylation sites is 1. The number of rotatable bonds is 5. The summed E-state index contributed by atoms with van der Waals surface area (Å²) >= 11 is 0. The van der Waals surface area contributed by atoms with Crippen molar-refractivity contribution in [3.8, 4) is 11.4 Å². The molecule has 3 aromatic rings. The molecule has 10 heteroatoms. The molecule has 0 spiro atoms. The van der Waals surface area contributed by atoms with E-state index in [1.165, 1.54) is 12.1 Å². The van der Waals surface area contributed by atoms with Gasteiger partial charge in [0, 0.05) is 49.9 Å². The number of aromatic nitrogens is 3. The lowest BCUT2D eigenvalue weighted by Gasteiger charge is -2.35. The Hall–Kier alpha value is -3.82. The summed E-state index contributed by atoms with van der Waals surface area (Å²) in [6.07, 6.45) is 3.93. The van der Waals surface area contributed by atoms with Crippen LogP contribution in [0.1, 0.15) is 35.0 Å². The van der Waals surface area contributed by atoms with Crippen molar-refractivity contribution in [2.24, 2.45) is 0 Å². The van der Waals surface area contributed by atoms with E-state index in [9.17, 15) is 14.9 Å². The second kappa shape index (κ2) is 7.78. The molecule has 1 aliphatic heterocycles. The third-order valence-corrected chi connectivity index (χ3v) is 5.60. The molecule has 1 saturated carbocycles. The number of nitrogens with zero attached hydrogens (tertiary/aromatic N) is 6. The third kappa shape index (κ3) is 3.83. The van der Waals surface area contributed by atoms with Crippen LogP contribution in [0.15, 0.2) is 47.1 Å². The van der Waals surface area contributed by atoms with Crippen LogP contribution >= 0.6 is 0 Å². The van der Waals surface area contributed by atoms with Gasteiger partial charge in [-0.25, -0.2) is 4.98 Å². The highest BCUT2D eigenvalue weighted by atomic mass is 16.6. The summed E-state index contributed by atoms with van der Waals surface area (Å²) in [6.45, 7) is 2.10. The van der Waals surface area contributed by atoms with Crippen molar-refractivity contribution < 1.29 is 14.2 Å². The summed E-state index contributed by atoms with van der Waals surface area (Å²) in [5, 5.41) is 15.3. The number of hydrogen-bond donors (Lipinski definition) is 0. The molecule has 158 valence electrons. The number of anilines is 1. The fourth-order valence-electron chi connectivity index (χ4n) is 3.68. The smallest absolute Gasteiger partial charge is 0.282 e. The van der Waals surface area contributed by atoms with E-state index in [1.807, 2.05) is 12.1 Å². The van der Waals surface area contributed by atoms with Gasteiger partial charge < -0.3 is 14.3 Å². The Morgan fingerprint density at radius 2 is 1.87 bits per heavy atom. The average Bonchev–Trinajstić information content (AvgIpc) is 3.55. The van der Waals surface area contributed by atoms with Crippen molar-refractivity contribution in [1.29, 1.82) is 0 Å². The zero-order valence-corrected chi connectivity index (χ0v) is 16.7. The van der Waals surface area contributed by atoms with E-state index < -0.39 is 4.92 Å². The number of nitro benzene ring substituents is 1. The third-order valence-electron chi connectivity index (χ3n) is 5.60. The summed E-state index contributed by atoms with van der Waals surface area (Å²) in [4.78, 5) is 36.2. The predicted octanol–water partition coefficient (Wildman–Crippen LogP) is 2.88. The maximum absolute atomic E-state index is 12.8. The van der Waals surface area contributed by atoms with Crippen molar-refractivity contribution in [3.05, 3.63) is 64.2 Å². The molecule has 10 nitrogen and oxygen atoms in total. The lowest BCUT2D eigenvalue weighted by atomic mass is 10.1. The van der Waals surface area contributed by atoms with E-state index in [2.05, 4.69) is 20.0 Å². The zero-order valence-electron chi connectivity index (χ0n) is 16.7. The lowest BCUT2D eigenvalue weighted by molar-refractivity contribution is -0.385. The van der Waals surface area contributed by atoms with Crippen LogP contribution in [0, 0.1) is 10.1 Å². The number of benzene rings is 1. The first-order valence-corrected chi connectivity index (χ1v) is 10.2. The molecular formula is C21H20N6O4. The topological polar surface area (TPSA) is 118 Å². The fraction of sp³-hybridized carbons (Fsp3) is 0.333. The summed E-state index contributed by atoms with van der Waals surface area (Å²) in [5.41, 5.74) is 0.747. The number of carbonyl (C=O) groups excluding carboxylic acids is 1. The first-order valence-electron chi connectivity index (χ1n) is 10.2. The van der Waals surface area contributed by atoms with Crippen LogP contribution in [-0.4, -0.2) is 57.0 Å². The van der Waals surface area contributed by atoms with Crippen molar-refractivity contribution in [1.82, 2.24) is 20.0 Å². The number of carbonyl (C=O) groups is 1. The normalized spacial score (nSPS) is 16.4. The van der Waals surface area contributed by atoms with Crippen LogP contribution < -0.4 is 4.90 Å². The van der Waals surface area contributed by atoms with Crippen LogP contribution in [0.5, 0.6) is 0 Å². The highest BCUT2D eigenvalue weighted by molar-refractivity contribution is 5.98. The van der Waals surface area contributed by atoms with E-state index in [0.29, 0.717) is 43.8 Å². The van der Waals surface area contributed by atoms with Crippen LogP contribution in [0.2, 0.25) is 0 Å². The number of hydrogen-bond acceptors (Lipinski definition) is 8. The molecular weight excluding hydrogens is 400 g/mol. The molecule has 5 rings (SSSR count). The Morgan fingerprint density at radius 3 is 2.55 bits per heavy atom. The summed E-state index contributed by atoms with van der Waals surface area (Å²) in [6, 6.07) is 9.87. The number of pyridine rings is 1. The quantitative estimate of drug-likeness (QED) is 0.457. The van der Waals surface area contributed by atoms with E-state index in [4.69, 9.17) is 4.52 Å². The van der Waals surface area contributed by atoms with Crippen LogP contribution in [0.3, 0.4) is 0 Å². The van der Waals surface area contributed by atoms with Gasteiger partial charge >= 0.3 is 0 Å². The van der Waals surface area contributed by atoms with E-state index >= 15 is 0 Å². The van der Waals surface area contributed by atoms with Gasteiger partial charge in [0.15, 0.2) is 0 Å². The van der Waals surface area contributed by atoms with Gasteiger partial charge in [-0.2, -0.15) is 4.98 Å². The number of amides is 1. The molecule has 1 aliphatic carbocycles. The molecule has 1 amide bonds. The molecule has 2 aliphatic rings. The minimum absolute atomic E-state index is 0.120. The second-order valence-corrected chi connectivity index (χ2v) is 7.69. The van der Waals surface area contributed by atoms with Gasteiger partial charge in [-0.15, -0.1) is 0 Å². The van der Waals surface area contributed by atoms with Crippen LogP contribution in [-0.2, 0) is 0 Å². The Balaban J connectivity index is 1.23. The monoisotopic (exact) mass is 420 g/mol. The largest absolute Gasteiger partial charge is 0.353 e. The second-order valence-electron chi connectivity index (χ2n) is 7.69. The average molecular weight is 420 g/mol. The Labute approximate surface area is 177 Å². The Bertz CT molecular complexity index is 1120. The maximum Gasteiger partial charge on any atom is 0.282 e. The fourth-order valence-corrected chi connectivity index (χ4v) is 3.68. The van der Waals surface area contributed by atoms with Crippen LogP contribution in [0.25, 0.3) is 11.4 Å². The van der Waals surface area contributed by atoms with E-state index in [0.717, 1.165) is 24.2 Å². The Morgan fingerprint density at radius 1 is 1.10 bits per heavy atom. The predicted molar refractivity (Wildman–Crippen MR) is 111 cm³/mol. The van der Waals surface area contributed by atoms with Gasteiger partial charge in [0.2, 0.25) is 11.7 Å². The lowest BCUT2D eigenvalue weighted by Crippen LogP contribution is -2.49. The highest BCUT2D eigenvalue weighted by Crippen LogP contribution is 2.39. The molecule has 1 aromatic carbocycles. The Kier molecular flexibility index (Phi) is 4.81. The van der Waals surface area contributed by atoms with Gasteiger partial charge in [-0.1, -0.05) is 17.3 Å². The summed E-state index contributed by atoms with van der Waals surface area (Å²) in [5.74, 6) is 2.12. The molecule has 0 bridgehead atoms. The molecule has 0 N–H and O–H groups in total. The van der Waals surface area contributed by atoms with Gasteiger partial charge in [-0.3, -0.25) is 14.9 Å². The summed E-state index contributed by atoms with van der Waals surface area (Å²) in [7, 11) is 0. The van der Waals surface area contributed by atoms with Crippen molar-refractivity contribution in [2.75, 3.05) is 31.1 Å². The van der Waals surface area contributed by atoms with Crippen molar-refractivity contribution >= 4 is 17.4 Å². The first-order chi connectivity index (χ1) is 15.1. The van der Waals surface area contributed by atoms with Gasteiger partial charge in [0.1, 0.15) is 11.4 Å². The SMILES string of the molecule is O=C(c1ccccc1[N+](=O)[O-])N1CCN(c2ccc(-c3noc(C4CC4)n3)cn2)CC1. The van der Waals surface area contributed by atoms with Gasteiger partial charge in [-0.05, 0) is 31.0 Å². The van der Waals surface area contributed by atoms with Crippen molar-refractivity contribution in [3.63, 3.8) is 0 Å². The van der Waals surface area contributed by atoms with Crippen LogP contribution in [0.4, 0.5) is 11.5 Å². The minimum Gasteiger partial charge on any atom is -0.353 e. The number of nitro groups is 1. The van der Waals surface area contributed by atoms with Gasteiger partial charge in [0.05, 0.1) is 4.92 Å². The molecule has 2 aromatic heterocycles. The molecule has 3 heterocycles. The minimum atomic E-state index is -0.522. The first kappa shape index (κ1) is 19.2. The standard InChI is InChI=1S/C21H20N6O4/c28-21(16-3-1-2-4-17(16)27(29)30)26-11-9-25(10-12-26)18-8-7-15(13-22-18)19-23-20(31-24-19)14-5-6-14/h1-4,7-8,13-14H,5-6,9-12H2. The molecule has 0 unspecified atom stereocenters. The molecule has 0 atom stereocenters. The highest BCUT2D eigenvalue weighted by Gasteiger charge is 2.30. The molecule has 1 saturated heterocycles.